The molecule has 1 aliphatic rings. The second-order valence-electron chi connectivity index (χ2n) is 7.85. The first-order chi connectivity index (χ1) is 15.8. The summed E-state index contributed by atoms with van der Waals surface area (Å²) >= 11 is 4.86. The highest BCUT2D eigenvalue weighted by molar-refractivity contribution is 9.10. The number of carbonyl (C=O) groups is 1. The molecule has 0 fully saturated rings. The molecule has 4 heterocycles. The third kappa shape index (κ3) is 4.15. The van der Waals surface area contributed by atoms with Crippen LogP contribution in [0, 0.1) is 5.92 Å². The van der Waals surface area contributed by atoms with Gasteiger partial charge in [-0.05, 0) is 53.3 Å². The van der Waals surface area contributed by atoms with Crippen LogP contribution in [0.3, 0.4) is 0 Å². The molecule has 6 nitrogen and oxygen atoms in total. The van der Waals surface area contributed by atoms with Gasteiger partial charge in [0.15, 0.2) is 11.4 Å². The zero-order valence-corrected chi connectivity index (χ0v) is 19.5. The number of H-pyrrole nitrogens is 1. The molecule has 5 rings (SSSR count). The second-order valence-corrected chi connectivity index (χ2v) is 9.32. The van der Waals surface area contributed by atoms with Crippen LogP contribution in [0.5, 0.6) is 0 Å². The van der Waals surface area contributed by atoms with Gasteiger partial charge in [-0.25, -0.2) is 9.97 Å². The molecule has 0 saturated carbocycles. The molecule has 1 unspecified atom stereocenters. The standard InChI is InChI=1S/C22H17BrF3N5OS/c23-20-18(19(32)13-3-1-2-12(4-5-13)17-10-33-11-27-17)30-21-16(22(24,25)26)6-14(9-31(20)21)15-7-28-29-8-15/h2,6-11,13H,1,3-5H2,(H,28,29). The van der Waals surface area contributed by atoms with Gasteiger partial charge in [0.1, 0.15) is 10.3 Å². The Morgan fingerprint density at radius 1 is 1.27 bits per heavy atom. The van der Waals surface area contributed by atoms with Crippen LogP contribution < -0.4 is 0 Å². The minimum absolute atomic E-state index is 0.0203. The van der Waals surface area contributed by atoms with Gasteiger partial charge in [-0.1, -0.05) is 6.08 Å². The lowest BCUT2D eigenvalue weighted by atomic mass is 9.93. The molecule has 0 spiro atoms. The minimum Gasteiger partial charge on any atom is -0.292 e. The minimum atomic E-state index is -4.64. The van der Waals surface area contributed by atoms with E-state index in [2.05, 4.69) is 42.2 Å². The lowest BCUT2D eigenvalue weighted by Gasteiger charge is -2.11. The first kappa shape index (κ1) is 22.0. The Bertz CT molecular complexity index is 1340. The van der Waals surface area contributed by atoms with E-state index in [9.17, 15) is 18.0 Å². The number of imidazole rings is 1. The summed E-state index contributed by atoms with van der Waals surface area (Å²) in [5.74, 6) is -0.585. The number of hydrogen-bond donors (Lipinski definition) is 1. The van der Waals surface area contributed by atoms with Crippen LogP contribution in [0.15, 0.2) is 46.2 Å². The highest BCUT2D eigenvalue weighted by atomic mass is 79.9. The number of pyridine rings is 1. The van der Waals surface area contributed by atoms with E-state index in [1.165, 1.54) is 34.3 Å². The van der Waals surface area contributed by atoms with Crippen molar-refractivity contribution >= 4 is 44.3 Å². The number of nitrogens with one attached hydrogen (secondary N) is 1. The number of thiazole rings is 1. The first-order valence-electron chi connectivity index (χ1n) is 10.2. The Kier molecular flexibility index (Phi) is 5.69. The van der Waals surface area contributed by atoms with E-state index in [1.807, 2.05) is 5.38 Å². The van der Waals surface area contributed by atoms with Crippen molar-refractivity contribution in [3.05, 3.63) is 63.2 Å². The normalized spacial score (nSPS) is 17.2. The van der Waals surface area contributed by atoms with Crippen LogP contribution in [0.4, 0.5) is 13.2 Å². The largest absolute Gasteiger partial charge is 0.420 e. The molecular formula is C22H17BrF3N5OS. The number of aromatic nitrogens is 5. The molecule has 170 valence electrons. The van der Waals surface area contributed by atoms with Crippen molar-refractivity contribution in [3.63, 3.8) is 0 Å². The number of fused-ring (bicyclic) bond motifs is 1. The van der Waals surface area contributed by atoms with Gasteiger partial charge in [0.2, 0.25) is 0 Å². The zero-order chi connectivity index (χ0) is 23.2. The summed E-state index contributed by atoms with van der Waals surface area (Å²) in [5.41, 5.74) is 3.41. The molecule has 33 heavy (non-hydrogen) atoms. The number of Topliss-reactive ketones (excluding diaryl/α,β-unsaturated/α-hetero) is 1. The topological polar surface area (TPSA) is 75.9 Å². The Balaban J connectivity index is 1.51. The molecule has 0 amide bonds. The third-order valence-electron chi connectivity index (χ3n) is 5.83. The quantitative estimate of drug-likeness (QED) is 0.306. The van der Waals surface area contributed by atoms with Crippen LogP contribution in [-0.2, 0) is 6.18 Å². The van der Waals surface area contributed by atoms with E-state index in [0.717, 1.165) is 17.3 Å². The molecule has 1 atom stereocenters. The number of allylic oxidation sites excluding steroid dienone is 2. The summed E-state index contributed by atoms with van der Waals surface area (Å²) in [4.78, 5) is 21.9. The van der Waals surface area contributed by atoms with E-state index in [4.69, 9.17) is 0 Å². The van der Waals surface area contributed by atoms with Crippen LogP contribution in [-0.4, -0.2) is 30.3 Å². The summed E-state index contributed by atoms with van der Waals surface area (Å²) in [5, 5.41) is 8.39. The predicted molar refractivity (Wildman–Crippen MR) is 122 cm³/mol. The number of alkyl halides is 3. The third-order valence-corrected chi connectivity index (χ3v) is 7.18. The van der Waals surface area contributed by atoms with Crippen LogP contribution in [0.25, 0.3) is 22.3 Å². The molecule has 0 radical (unpaired) electrons. The number of carbonyl (C=O) groups excluding carboxylic acids is 1. The summed E-state index contributed by atoms with van der Waals surface area (Å²) in [6.45, 7) is 0. The zero-order valence-electron chi connectivity index (χ0n) is 17.1. The van der Waals surface area contributed by atoms with Gasteiger partial charge >= 0.3 is 6.18 Å². The van der Waals surface area contributed by atoms with Crippen LogP contribution in [0.2, 0.25) is 0 Å². The average molecular weight is 536 g/mol. The number of ketones is 1. The maximum atomic E-state index is 13.9. The van der Waals surface area contributed by atoms with Gasteiger partial charge in [0.25, 0.3) is 0 Å². The van der Waals surface area contributed by atoms with E-state index >= 15 is 0 Å². The fourth-order valence-corrected chi connectivity index (χ4v) is 5.27. The van der Waals surface area contributed by atoms with Gasteiger partial charge in [-0.3, -0.25) is 14.3 Å². The molecule has 0 aliphatic heterocycles. The van der Waals surface area contributed by atoms with Crippen molar-refractivity contribution in [1.29, 1.82) is 0 Å². The highest BCUT2D eigenvalue weighted by Gasteiger charge is 2.36. The van der Waals surface area contributed by atoms with Gasteiger partial charge in [-0.15, -0.1) is 11.3 Å². The Labute approximate surface area is 198 Å². The average Bonchev–Trinajstić information content (AvgIpc) is 3.52. The molecule has 4 aromatic rings. The molecule has 11 heteroatoms. The van der Waals surface area contributed by atoms with Crippen molar-refractivity contribution < 1.29 is 18.0 Å². The fraction of sp³-hybridized carbons (Fsp3) is 0.273. The summed E-state index contributed by atoms with van der Waals surface area (Å²) < 4.78 is 43.1. The fourth-order valence-electron chi connectivity index (χ4n) is 4.14. The second kappa shape index (κ2) is 8.53. The Morgan fingerprint density at radius 3 is 2.82 bits per heavy atom. The number of hydrogen-bond acceptors (Lipinski definition) is 5. The Morgan fingerprint density at radius 2 is 2.12 bits per heavy atom. The monoisotopic (exact) mass is 535 g/mol. The molecular weight excluding hydrogens is 519 g/mol. The van der Waals surface area contributed by atoms with Crippen molar-refractivity contribution in [2.75, 3.05) is 0 Å². The number of rotatable bonds is 4. The molecule has 1 N–H and O–H groups in total. The van der Waals surface area contributed by atoms with E-state index < -0.39 is 11.7 Å². The first-order valence-corrected chi connectivity index (χ1v) is 12.0. The Hall–Kier alpha value is -2.79. The van der Waals surface area contributed by atoms with Gasteiger partial charge in [-0.2, -0.15) is 18.3 Å². The summed E-state index contributed by atoms with van der Waals surface area (Å²) in [7, 11) is 0. The highest BCUT2D eigenvalue weighted by Crippen LogP contribution is 2.38. The lowest BCUT2D eigenvalue weighted by molar-refractivity contribution is -0.136. The number of aromatic amines is 1. The van der Waals surface area contributed by atoms with E-state index in [0.29, 0.717) is 36.8 Å². The van der Waals surface area contributed by atoms with Crippen molar-refractivity contribution in [3.8, 4) is 11.1 Å². The van der Waals surface area contributed by atoms with Gasteiger partial charge in [0.05, 0.1) is 23.0 Å². The lowest BCUT2D eigenvalue weighted by Crippen LogP contribution is -2.15. The van der Waals surface area contributed by atoms with Crippen molar-refractivity contribution in [1.82, 2.24) is 24.6 Å². The predicted octanol–water partition coefficient (Wildman–Crippen LogP) is 6.42. The van der Waals surface area contributed by atoms with E-state index in [-0.39, 0.29) is 27.6 Å². The van der Waals surface area contributed by atoms with Gasteiger partial charge < -0.3 is 0 Å². The number of nitrogens with zero attached hydrogens (tertiary/aromatic N) is 4. The summed E-state index contributed by atoms with van der Waals surface area (Å²) in [6, 6.07) is 1.03. The molecule has 0 aromatic carbocycles. The SMILES string of the molecule is O=C(c1nc2c(C(F)(F)F)cc(-c3cn[nH]c3)cn2c1Br)C1CCC=C(c2cscn2)CC1. The molecule has 0 saturated heterocycles. The van der Waals surface area contributed by atoms with Crippen LogP contribution >= 0.6 is 27.3 Å². The maximum absolute atomic E-state index is 13.9. The smallest absolute Gasteiger partial charge is 0.292 e. The maximum Gasteiger partial charge on any atom is 0.420 e. The molecule has 4 aromatic heterocycles. The number of halogens is 4. The van der Waals surface area contributed by atoms with Crippen molar-refractivity contribution in [2.24, 2.45) is 5.92 Å². The molecule has 0 bridgehead atoms. The van der Waals surface area contributed by atoms with Crippen molar-refractivity contribution in [2.45, 2.75) is 31.9 Å². The van der Waals surface area contributed by atoms with Gasteiger partial charge in [0, 0.05) is 34.8 Å². The summed E-state index contributed by atoms with van der Waals surface area (Å²) in [6.07, 6.45) is 4.52. The van der Waals surface area contributed by atoms with Crippen LogP contribution in [0.1, 0.15) is 47.4 Å². The molecule has 1 aliphatic carbocycles. The van der Waals surface area contributed by atoms with E-state index in [1.54, 1.807) is 5.51 Å².